The first kappa shape index (κ1) is 19.8. The summed E-state index contributed by atoms with van der Waals surface area (Å²) in [6, 6.07) is 13.4. The minimum atomic E-state index is -0.388. The summed E-state index contributed by atoms with van der Waals surface area (Å²) in [5.74, 6) is -0.967. The van der Waals surface area contributed by atoms with Gasteiger partial charge in [-0.3, -0.25) is 14.4 Å². The lowest BCUT2D eigenvalue weighted by molar-refractivity contribution is 0.0884. The number of fused-ring (bicyclic) bond motifs is 1. The molecule has 146 valence electrons. The van der Waals surface area contributed by atoms with Gasteiger partial charge in [0.1, 0.15) is 0 Å². The number of anilines is 1. The Kier molecular flexibility index (Phi) is 4.88. The van der Waals surface area contributed by atoms with Crippen LogP contribution in [0.25, 0.3) is 0 Å². The summed E-state index contributed by atoms with van der Waals surface area (Å²) in [4.78, 5) is 39.3. The van der Waals surface area contributed by atoms with Gasteiger partial charge >= 0.3 is 0 Å². The molecule has 0 radical (unpaired) electrons. The van der Waals surface area contributed by atoms with Crippen LogP contribution in [-0.4, -0.2) is 23.3 Å². The van der Waals surface area contributed by atoms with Gasteiger partial charge in [0.2, 0.25) is 0 Å². The van der Waals surface area contributed by atoms with Crippen LogP contribution in [0.3, 0.4) is 0 Å². The molecule has 0 aromatic heterocycles. The average molecular weight is 378 g/mol. The molecular formula is C23H26N2O3. The highest BCUT2D eigenvalue weighted by molar-refractivity contribution is 6.34. The first-order chi connectivity index (χ1) is 13.0. The van der Waals surface area contributed by atoms with Crippen LogP contribution in [0.15, 0.2) is 48.5 Å². The number of carbonyl (C=O) groups excluding carboxylic acids is 3. The number of hydrogen-bond donors (Lipinski definition) is 1. The number of nitrogens with one attached hydrogen (secondary N) is 1. The van der Waals surface area contributed by atoms with Crippen molar-refractivity contribution in [2.75, 3.05) is 4.90 Å². The molecule has 0 atom stereocenters. The molecule has 0 saturated heterocycles. The highest BCUT2D eigenvalue weighted by atomic mass is 16.2. The molecule has 0 saturated carbocycles. The largest absolute Gasteiger partial charge is 0.347 e. The molecule has 0 fully saturated rings. The topological polar surface area (TPSA) is 66.5 Å². The summed E-state index contributed by atoms with van der Waals surface area (Å²) < 4.78 is 0. The summed E-state index contributed by atoms with van der Waals surface area (Å²) in [6.45, 7) is 10.4. The van der Waals surface area contributed by atoms with E-state index in [1.807, 2.05) is 13.8 Å². The summed E-state index contributed by atoms with van der Waals surface area (Å²) in [5.41, 5.74) is 1.26. The van der Waals surface area contributed by atoms with E-state index in [0.29, 0.717) is 22.4 Å². The average Bonchev–Trinajstić information content (AvgIpc) is 2.84. The number of rotatable bonds is 4. The zero-order chi connectivity index (χ0) is 20.7. The van der Waals surface area contributed by atoms with Gasteiger partial charge in [-0.25, -0.2) is 4.90 Å². The molecule has 0 unspecified atom stereocenters. The van der Waals surface area contributed by atoms with Crippen LogP contribution in [-0.2, 0) is 0 Å². The fraction of sp³-hybridized carbons (Fsp3) is 0.348. The molecule has 0 bridgehead atoms. The molecule has 5 heteroatoms. The molecule has 1 heterocycles. The summed E-state index contributed by atoms with van der Waals surface area (Å²) >= 11 is 0. The summed E-state index contributed by atoms with van der Waals surface area (Å²) in [7, 11) is 0. The van der Waals surface area contributed by atoms with E-state index in [4.69, 9.17) is 0 Å². The van der Waals surface area contributed by atoms with Gasteiger partial charge in [0.25, 0.3) is 17.7 Å². The first-order valence-electron chi connectivity index (χ1n) is 9.39. The van der Waals surface area contributed by atoms with Crippen molar-refractivity contribution in [3.63, 3.8) is 0 Å². The molecule has 1 aliphatic rings. The Morgan fingerprint density at radius 2 is 1.46 bits per heavy atom. The van der Waals surface area contributed by atoms with Gasteiger partial charge in [0, 0.05) is 11.1 Å². The lowest BCUT2D eigenvalue weighted by Gasteiger charge is -2.33. The van der Waals surface area contributed by atoms with E-state index in [0.717, 1.165) is 11.3 Å². The Labute approximate surface area is 165 Å². The van der Waals surface area contributed by atoms with E-state index < -0.39 is 0 Å². The minimum absolute atomic E-state index is 0.0682. The van der Waals surface area contributed by atoms with Crippen LogP contribution in [0.4, 0.5) is 5.69 Å². The van der Waals surface area contributed by atoms with Gasteiger partial charge in [-0.15, -0.1) is 0 Å². The third kappa shape index (κ3) is 3.98. The molecule has 0 aliphatic carbocycles. The van der Waals surface area contributed by atoms with Crippen LogP contribution in [0, 0.1) is 5.41 Å². The van der Waals surface area contributed by atoms with E-state index in [-0.39, 0.29) is 28.7 Å². The molecule has 1 N–H and O–H groups in total. The predicted molar refractivity (Wildman–Crippen MR) is 110 cm³/mol. The number of imide groups is 1. The Hall–Kier alpha value is -2.95. The van der Waals surface area contributed by atoms with Crippen LogP contribution < -0.4 is 10.2 Å². The second kappa shape index (κ2) is 6.89. The number of amides is 3. The van der Waals surface area contributed by atoms with Crippen LogP contribution >= 0.6 is 0 Å². The zero-order valence-electron chi connectivity index (χ0n) is 17.0. The van der Waals surface area contributed by atoms with Gasteiger partial charge < -0.3 is 5.32 Å². The molecule has 5 nitrogen and oxygen atoms in total. The van der Waals surface area contributed by atoms with Gasteiger partial charge in [0.05, 0.1) is 16.8 Å². The van der Waals surface area contributed by atoms with E-state index in [9.17, 15) is 14.4 Å². The molecule has 2 aromatic rings. The Morgan fingerprint density at radius 1 is 0.893 bits per heavy atom. The fourth-order valence-electron chi connectivity index (χ4n) is 3.96. The quantitative estimate of drug-likeness (QED) is 0.800. The molecule has 3 rings (SSSR count). The third-order valence-corrected chi connectivity index (χ3v) is 4.58. The van der Waals surface area contributed by atoms with Crippen molar-refractivity contribution in [1.82, 2.24) is 5.32 Å². The van der Waals surface area contributed by atoms with Crippen LogP contribution in [0.2, 0.25) is 0 Å². The SMILES string of the molecule is CC(C)(C)CC(C)(C)NC(=O)c1cccc(N2C(=O)c3ccccc3C2=O)c1. The summed E-state index contributed by atoms with van der Waals surface area (Å²) in [5, 5.41) is 3.06. The Morgan fingerprint density at radius 3 is 2.00 bits per heavy atom. The lowest BCUT2D eigenvalue weighted by Crippen LogP contribution is -2.45. The number of carbonyl (C=O) groups is 3. The van der Waals surface area contributed by atoms with Crippen molar-refractivity contribution in [2.45, 2.75) is 46.6 Å². The van der Waals surface area contributed by atoms with Gasteiger partial charge in [-0.05, 0) is 56.0 Å². The minimum Gasteiger partial charge on any atom is -0.347 e. The monoisotopic (exact) mass is 378 g/mol. The molecule has 28 heavy (non-hydrogen) atoms. The van der Waals surface area contributed by atoms with Crippen LogP contribution in [0.1, 0.15) is 72.1 Å². The highest BCUT2D eigenvalue weighted by Gasteiger charge is 2.36. The van der Waals surface area contributed by atoms with E-state index in [1.165, 1.54) is 0 Å². The fourth-order valence-corrected chi connectivity index (χ4v) is 3.96. The predicted octanol–water partition coefficient (Wildman–Crippen LogP) is 4.43. The zero-order valence-corrected chi connectivity index (χ0v) is 17.0. The first-order valence-corrected chi connectivity index (χ1v) is 9.39. The van der Waals surface area contributed by atoms with Gasteiger partial charge in [-0.1, -0.05) is 39.0 Å². The maximum Gasteiger partial charge on any atom is 0.266 e. The lowest BCUT2D eigenvalue weighted by atomic mass is 9.81. The Balaban J connectivity index is 1.85. The van der Waals surface area contributed by atoms with Gasteiger partial charge in [0.15, 0.2) is 0 Å². The normalized spacial score (nSPS) is 14.2. The number of hydrogen-bond acceptors (Lipinski definition) is 3. The Bertz CT molecular complexity index is 919. The number of benzene rings is 2. The second-order valence-corrected chi connectivity index (χ2v) is 9.12. The maximum atomic E-state index is 12.8. The smallest absolute Gasteiger partial charge is 0.266 e. The van der Waals surface area contributed by atoms with Gasteiger partial charge in [-0.2, -0.15) is 0 Å². The molecule has 2 aromatic carbocycles. The molecule has 0 spiro atoms. The van der Waals surface area contributed by atoms with Crippen molar-refractivity contribution in [3.05, 3.63) is 65.2 Å². The maximum absolute atomic E-state index is 12.8. The van der Waals surface area contributed by atoms with Crippen molar-refractivity contribution in [2.24, 2.45) is 5.41 Å². The molecular weight excluding hydrogens is 352 g/mol. The summed E-state index contributed by atoms with van der Waals surface area (Å²) in [6.07, 6.45) is 0.809. The van der Waals surface area contributed by atoms with E-state index in [2.05, 4.69) is 26.1 Å². The standard InChI is InChI=1S/C23H26N2O3/c1-22(2,3)14-23(4,5)24-19(26)15-9-8-10-16(13-15)25-20(27)17-11-6-7-12-18(17)21(25)28/h6-13H,14H2,1-5H3,(H,24,26). The molecule has 1 aliphatic heterocycles. The molecule has 3 amide bonds. The van der Waals surface area contributed by atoms with Crippen molar-refractivity contribution in [3.8, 4) is 0 Å². The van der Waals surface area contributed by atoms with E-state index >= 15 is 0 Å². The van der Waals surface area contributed by atoms with Crippen LogP contribution in [0.5, 0.6) is 0 Å². The number of nitrogens with zero attached hydrogens (tertiary/aromatic N) is 1. The third-order valence-electron chi connectivity index (χ3n) is 4.58. The van der Waals surface area contributed by atoms with E-state index in [1.54, 1.807) is 48.5 Å². The highest BCUT2D eigenvalue weighted by Crippen LogP contribution is 2.30. The second-order valence-electron chi connectivity index (χ2n) is 9.12. The van der Waals surface area contributed by atoms with Crippen molar-refractivity contribution in [1.29, 1.82) is 0 Å². The van der Waals surface area contributed by atoms with Crippen molar-refractivity contribution < 1.29 is 14.4 Å². The van der Waals surface area contributed by atoms with Crippen molar-refractivity contribution >= 4 is 23.4 Å².